The molecule has 2 bridgehead atoms. The van der Waals surface area contributed by atoms with Gasteiger partial charge in [-0.3, -0.25) is 0 Å². The van der Waals surface area contributed by atoms with Gasteiger partial charge in [0.25, 0.3) is 0 Å². The van der Waals surface area contributed by atoms with Gasteiger partial charge in [0.2, 0.25) is 0 Å². The second-order valence-electron chi connectivity index (χ2n) is 9.90. The maximum absolute atomic E-state index is 13.6. The molecule has 3 heterocycles. The summed E-state index contributed by atoms with van der Waals surface area (Å²) in [5.41, 5.74) is 2.05. The van der Waals surface area contributed by atoms with Gasteiger partial charge in [-0.1, -0.05) is 46.0 Å². The minimum atomic E-state index is -1.02. The lowest BCUT2D eigenvalue weighted by atomic mass is 9.98. The highest BCUT2D eigenvalue weighted by molar-refractivity contribution is 6.39. The number of hydrogen-bond acceptors (Lipinski definition) is 6. The van der Waals surface area contributed by atoms with Crippen LogP contribution in [0.2, 0.25) is 15.1 Å². The lowest BCUT2D eigenvalue weighted by Crippen LogP contribution is -2.46. The molecule has 0 spiro atoms. The molecule has 0 amide bonds. The number of rotatable bonds is 6. The van der Waals surface area contributed by atoms with Crippen molar-refractivity contribution in [2.45, 2.75) is 62.6 Å². The third kappa shape index (κ3) is 4.47. The number of nitrogens with zero attached hydrogens (tertiary/aromatic N) is 2. The SMILES string of the molecule is O=C(O)c1ccc(N2C3CCC2CC(OC(=O)c2c(-c4c(Cl)cccc4Cl)noc2C2CC2)C3)c(Cl)c1. The lowest BCUT2D eigenvalue weighted by Gasteiger charge is -2.40. The van der Waals surface area contributed by atoms with E-state index in [9.17, 15) is 14.7 Å². The summed E-state index contributed by atoms with van der Waals surface area (Å²) in [6.45, 7) is 0. The summed E-state index contributed by atoms with van der Waals surface area (Å²) in [6.07, 6.45) is 4.74. The Morgan fingerprint density at radius 1 is 0.973 bits per heavy atom. The van der Waals surface area contributed by atoms with E-state index in [1.54, 1.807) is 30.3 Å². The fourth-order valence-corrected chi connectivity index (χ4v) is 6.55. The number of ether oxygens (including phenoxy) is 1. The highest BCUT2D eigenvalue weighted by Gasteiger charge is 2.44. The van der Waals surface area contributed by atoms with Gasteiger partial charge in [0.1, 0.15) is 17.4 Å². The number of carboxylic acid groups (broad SMARTS) is 1. The number of aromatic carboxylic acids is 1. The standard InChI is InChI=1S/C27H23Cl3N2O5/c28-18-2-1-3-19(29)22(18)24-23(25(37-31-24)13-4-5-13)27(35)36-17-11-15-7-8-16(12-17)32(15)21-9-6-14(26(33)34)10-20(21)30/h1-3,6,9-10,13,15-17H,4-5,7-8,11-12H2,(H,33,34). The van der Waals surface area contributed by atoms with E-state index in [1.807, 2.05) is 0 Å². The van der Waals surface area contributed by atoms with Crippen LogP contribution in [0.25, 0.3) is 11.3 Å². The molecular weight excluding hydrogens is 539 g/mol. The number of carbonyl (C=O) groups excluding carboxylic acids is 1. The normalized spacial score (nSPS) is 22.8. The van der Waals surface area contributed by atoms with E-state index in [2.05, 4.69) is 10.1 Å². The smallest absolute Gasteiger partial charge is 0.344 e. The van der Waals surface area contributed by atoms with Crippen molar-refractivity contribution >= 4 is 52.4 Å². The predicted molar refractivity (Wildman–Crippen MR) is 140 cm³/mol. The van der Waals surface area contributed by atoms with Crippen LogP contribution in [0, 0.1) is 0 Å². The first kappa shape index (κ1) is 24.6. The first-order valence-corrected chi connectivity index (χ1v) is 13.4. The van der Waals surface area contributed by atoms with Crippen LogP contribution in [-0.4, -0.2) is 40.4 Å². The van der Waals surface area contributed by atoms with E-state index < -0.39 is 11.9 Å². The predicted octanol–water partition coefficient (Wildman–Crippen LogP) is 7.23. The summed E-state index contributed by atoms with van der Waals surface area (Å²) in [6, 6.07) is 10.2. The molecule has 6 rings (SSSR count). The molecule has 192 valence electrons. The third-order valence-corrected chi connectivity index (χ3v) is 8.44. The largest absolute Gasteiger partial charge is 0.478 e. The lowest BCUT2D eigenvalue weighted by molar-refractivity contribution is 0.0202. The van der Waals surface area contributed by atoms with Crippen molar-refractivity contribution in [1.29, 1.82) is 0 Å². The highest BCUT2D eigenvalue weighted by atomic mass is 35.5. The van der Waals surface area contributed by atoms with Gasteiger partial charge in [0, 0.05) is 36.4 Å². The van der Waals surface area contributed by atoms with Gasteiger partial charge in [-0.2, -0.15) is 0 Å². The van der Waals surface area contributed by atoms with Crippen LogP contribution in [0.15, 0.2) is 40.9 Å². The van der Waals surface area contributed by atoms with Gasteiger partial charge >= 0.3 is 11.9 Å². The Morgan fingerprint density at radius 2 is 1.65 bits per heavy atom. The Kier molecular flexibility index (Phi) is 6.33. The molecule has 3 aromatic rings. The van der Waals surface area contributed by atoms with Crippen LogP contribution in [0.4, 0.5) is 5.69 Å². The van der Waals surface area contributed by atoms with Crippen molar-refractivity contribution in [3.05, 3.63) is 68.4 Å². The number of piperidine rings is 1. The Labute approximate surface area is 228 Å². The third-order valence-electron chi connectivity index (χ3n) is 7.51. The van der Waals surface area contributed by atoms with Crippen molar-refractivity contribution in [3.63, 3.8) is 0 Å². The number of carboxylic acids is 1. The number of hydrogen-bond donors (Lipinski definition) is 1. The number of anilines is 1. The molecule has 3 fully saturated rings. The molecule has 1 aromatic heterocycles. The van der Waals surface area contributed by atoms with E-state index in [4.69, 9.17) is 44.1 Å². The average molecular weight is 562 g/mol. The zero-order chi connectivity index (χ0) is 25.8. The molecule has 2 atom stereocenters. The number of aromatic nitrogens is 1. The second-order valence-corrected chi connectivity index (χ2v) is 11.1. The molecule has 37 heavy (non-hydrogen) atoms. The maximum Gasteiger partial charge on any atom is 0.344 e. The molecular formula is C27H23Cl3N2O5. The molecule has 3 aliphatic rings. The summed E-state index contributed by atoms with van der Waals surface area (Å²) >= 11 is 19.3. The fourth-order valence-electron chi connectivity index (χ4n) is 5.70. The van der Waals surface area contributed by atoms with Crippen molar-refractivity contribution in [3.8, 4) is 11.3 Å². The molecule has 2 aromatic carbocycles. The fraction of sp³-hybridized carbons (Fsp3) is 0.370. The Bertz CT molecular complexity index is 1370. The minimum Gasteiger partial charge on any atom is -0.478 e. The number of carbonyl (C=O) groups is 2. The second kappa shape index (κ2) is 9.53. The minimum absolute atomic E-state index is 0.132. The molecule has 2 aliphatic heterocycles. The summed E-state index contributed by atoms with van der Waals surface area (Å²) in [4.78, 5) is 27.1. The molecule has 1 aliphatic carbocycles. The Balaban J connectivity index is 1.24. The van der Waals surface area contributed by atoms with E-state index >= 15 is 0 Å². The van der Waals surface area contributed by atoms with Gasteiger partial charge < -0.3 is 19.3 Å². The summed E-state index contributed by atoms with van der Waals surface area (Å²) in [7, 11) is 0. The molecule has 1 N–H and O–H groups in total. The van der Waals surface area contributed by atoms with E-state index in [-0.39, 0.29) is 29.7 Å². The van der Waals surface area contributed by atoms with Crippen molar-refractivity contribution in [2.24, 2.45) is 0 Å². The molecule has 7 nitrogen and oxygen atoms in total. The number of esters is 1. The van der Waals surface area contributed by atoms with Crippen molar-refractivity contribution in [1.82, 2.24) is 5.16 Å². The molecule has 10 heteroatoms. The van der Waals surface area contributed by atoms with Gasteiger partial charge in [-0.05, 0) is 56.0 Å². The van der Waals surface area contributed by atoms with Gasteiger partial charge in [-0.15, -0.1) is 0 Å². The molecule has 1 saturated carbocycles. The average Bonchev–Trinajstić information content (AvgIpc) is 3.55. The van der Waals surface area contributed by atoms with E-state index in [0.717, 1.165) is 31.4 Å². The highest BCUT2D eigenvalue weighted by Crippen LogP contribution is 2.47. The van der Waals surface area contributed by atoms with Crippen molar-refractivity contribution < 1.29 is 24.0 Å². The zero-order valence-electron chi connectivity index (χ0n) is 19.6. The van der Waals surface area contributed by atoms with Crippen LogP contribution in [-0.2, 0) is 4.74 Å². The van der Waals surface area contributed by atoms with Crippen LogP contribution in [0.1, 0.15) is 70.9 Å². The molecule has 0 radical (unpaired) electrons. The van der Waals surface area contributed by atoms with Crippen LogP contribution < -0.4 is 4.90 Å². The summed E-state index contributed by atoms with van der Waals surface area (Å²) in [5, 5.41) is 14.6. The number of benzene rings is 2. The molecule has 2 saturated heterocycles. The van der Waals surface area contributed by atoms with Crippen molar-refractivity contribution in [2.75, 3.05) is 4.90 Å². The Hall–Kier alpha value is -2.74. The van der Waals surface area contributed by atoms with Gasteiger partial charge in [-0.25, -0.2) is 9.59 Å². The first-order valence-electron chi connectivity index (χ1n) is 12.3. The first-order chi connectivity index (χ1) is 17.8. The van der Waals surface area contributed by atoms with Gasteiger partial charge in [0.15, 0.2) is 5.76 Å². The maximum atomic E-state index is 13.6. The monoisotopic (exact) mass is 560 g/mol. The molecule has 2 unspecified atom stereocenters. The van der Waals surface area contributed by atoms with E-state index in [1.165, 1.54) is 6.07 Å². The van der Waals surface area contributed by atoms with E-state index in [0.29, 0.717) is 50.5 Å². The quantitative estimate of drug-likeness (QED) is 0.317. The van der Waals surface area contributed by atoms with Crippen LogP contribution >= 0.6 is 34.8 Å². The topological polar surface area (TPSA) is 92.9 Å². The van der Waals surface area contributed by atoms with Crippen LogP contribution in [0.3, 0.4) is 0 Å². The number of halogens is 3. The Morgan fingerprint density at radius 3 is 2.24 bits per heavy atom. The van der Waals surface area contributed by atoms with Gasteiger partial charge in [0.05, 0.1) is 26.3 Å². The summed E-state index contributed by atoms with van der Waals surface area (Å²) < 4.78 is 11.7. The summed E-state index contributed by atoms with van der Waals surface area (Å²) in [5.74, 6) is -0.824. The zero-order valence-corrected chi connectivity index (χ0v) is 21.9. The van der Waals surface area contributed by atoms with Crippen LogP contribution in [0.5, 0.6) is 0 Å². The number of fused-ring (bicyclic) bond motifs is 2.